The first-order valence-corrected chi connectivity index (χ1v) is 14.7. The Morgan fingerprint density at radius 2 is 0.919 bits per heavy atom. The monoisotopic (exact) mass is 515 g/mol. The van der Waals surface area contributed by atoms with Gasteiger partial charge in [0.1, 0.15) is 4.75 Å². The van der Waals surface area contributed by atoms with E-state index in [2.05, 4.69) is 43.3 Å². The van der Waals surface area contributed by atoms with Crippen LogP contribution in [0.25, 0.3) is 0 Å². The van der Waals surface area contributed by atoms with E-state index in [1.54, 1.807) is 0 Å². The standard InChI is InChI=1S/C34H45NOS/c1-2-3-4-5-6-7-8-9-10-11-21-28-33(37,32(35)36)34(29-22-15-12-16-23-29,30-24-17-13-18-25-30)31-26-19-14-20-27-31/h12-20,22-27,37H,2-11,21,28H2,1H3,(H2,35,36). The maximum absolute atomic E-state index is 13.4. The Kier molecular flexibility index (Phi) is 11.8. The van der Waals surface area contributed by atoms with E-state index in [-0.39, 0.29) is 5.91 Å². The topological polar surface area (TPSA) is 43.1 Å². The number of primary amides is 1. The normalized spacial score (nSPS) is 13.2. The fourth-order valence-corrected chi connectivity index (χ4v) is 6.37. The first-order valence-electron chi connectivity index (χ1n) is 14.3. The summed E-state index contributed by atoms with van der Waals surface area (Å²) in [6.45, 7) is 2.27. The molecule has 37 heavy (non-hydrogen) atoms. The Hall–Kier alpha value is -2.52. The van der Waals surface area contributed by atoms with Crippen LogP contribution in [0.2, 0.25) is 0 Å². The number of hydrogen-bond acceptors (Lipinski definition) is 2. The number of hydrogen-bond donors (Lipinski definition) is 2. The lowest BCUT2D eigenvalue weighted by Gasteiger charge is -2.48. The molecular weight excluding hydrogens is 470 g/mol. The molecule has 0 aliphatic carbocycles. The Labute approximate surface area is 230 Å². The van der Waals surface area contributed by atoms with Gasteiger partial charge in [0.05, 0.1) is 5.41 Å². The van der Waals surface area contributed by atoms with E-state index in [1.165, 1.54) is 57.8 Å². The minimum absolute atomic E-state index is 0.375. The van der Waals surface area contributed by atoms with Crippen molar-refractivity contribution in [3.63, 3.8) is 0 Å². The van der Waals surface area contributed by atoms with Gasteiger partial charge in [-0.15, -0.1) is 0 Å². The molecule has 0 aliphatic rings. The maximum atomic E-state index is 13.4. The summed E-state index contributed by atoms with van der Waals surface area (Å²) >= 11 is 5.25. The van der Waals surface area contributed by atoms with Gasteiger partial charge in [-0.3, -0.25) is 4.79 Å². The van der Waals surface area contributed by atoms with Gasteiger partial charge in [-0.25, -0.2) is 0 Å². The van der Waals surface area contributed by atoms with Gasteiger partial charge in [0.25, 0.3) is 0 Å². The summed E-state index contributed by atoms with van der Waals surface area (Å²) in [5.41, 5.74) is 8.56. The largest absolute Gasteiger partial charge is 0.368 e. The number of nitrogens with two attached hydrogens (primary N) is 1. The van der Waals surface area contributed by atoms with E-state index in [0.717, 1.165) is 29.5 Å². The summed E-state index contributed by atoms with van der Waals surface area (Å²) in [5, 5.41) is 0. The number of carbonyl (C=O) groups is 1. The molecule has 2 nitrogen and oxygen atoms in total. The Bertz CT molecular complexity index is 941. The van der Waals surface area contributed by atoms with Crippen molar-refractivity contribution in [1.82, 2.24) is 0 Å². The molecular formula is C34H45NOS. The highest BCUT2D eigenvalue weighted by Crippen LogP contribution is 2.52. The first kappa shape index (κ1) is 29.0. The van der Waals surface area contributed by atoms with Crippen molar-refractivity contribution in [2.24, 2.45) is 5.73 Å². The molecule has 0 bridgehead atoms. The summed E-state index contributed by atoms with van der Waals surface area (Å²) in [4.78, 5) is 13.4. The molecule has 0 aromatic heterocycles. The van der Waals surface area contributed by atoms with Gasteiger partial charge in [0.2, 0.25) is 5.91 Å². The van der Waals surface area contributed by atoms with Gasteiger partial charge in [-0.1, -0.05) is 169 Å². The van der Waals surface area contributed by atoms with Crippen LogP contribution in [0.1, 0.15) is 101 Å². The van der Waals surface area contributed by atoms with Crippen molar-refractivity contribution in [3.8, 4) is 0 Å². The molecule has 0 saturated carbocycles. The first-order chi connectivity index (χ1) is 18.1. The second-order valence-corrected chi connectivity index (χ2v) is 11.1. The number of benzene rings is 3. The fraction of sp³-hybridized carbons (Fsp3) is 0.441. The molecule has 1 unspecified atom stereocenters. The highest BCUT2D eigenvalue weighted by Gasteiger charge is 2.56. The molecule has 2 N–H and O–H groups in total. The predicted molar refractivity (Wildman–Crippen MR) is 161 cm³/mol. The molecule has 3 aromatic carbocycles. The molecule has 0 radical (unpaired) electrons. The van der Waals surface area contributed by atoms with Crippen LogP contribution in [0.15, 0.2) is 91.0 Å². The molecule has 1 atom stereocenters. The zero-order valence-electron chi connectivity index (χ0n) is 22.6. The summed E-state index contributed by atoms with van der Waals surface area (Å²) in [7, 11) is 0. The predicted octanol–water partition coefficient (Wildman–Crippen LogP) is 8.88. The lowest BCUT2D eigenvalue weighted by atomic mass is 9.59. The molecule has 3 heteroatoms. The van der Waals surface area contributed by atoms with Gasteiger partial charge in [-0.05, 0) is 23.1 Å². The van der Waals surface area contributed by atoms with Crippen LogP contribution < -0.4 is 5.73 Å². The van der Waals surface area contributed by atoms with Crippen molar-refractivity contribution in [3.05, 3.63) is 108 Å². The van der Waals surface area contributed by atoms with Crippen LogP contribution >= 0.6 is 12.6 Å². The van der Waals surface area contributed by atoms with Crippen molar-refractivity contribution in [1.29, 1.82) is 0 Å². The van der Waals surface area contributed by atoms with Crippen LogP contribution in [0, 0.1) is 0 Å². The minimum Gasteiger partial charge on any atom is -0.368 e. The molecule has 0 saturated heterocycles. The average Bonchev–Trinajstić information content (AvgIpc) is 2.94. The van der Waals surface area contributed by atoms with Crippen molar-refractivity contribution < 1.29 is 4.79 Å². The zero-order chi connectivity index (χ0) is 26.4. The Morgan fingerprint density at radius 3 is 1.24 bits per heavy atom. The van der Waals surface area contributed by atoms with E-state index in [1.807, 2.05) is 54.6 Å². The van der Waals surface area contributed by atoms with Gasteiger partial charge >= 0.3 is 0 Å². The zero-order valence-corrected chi connectivity index (χ0v) is 23.5. The highest BCUT2D eigenvalue weighted by molar-refractivity contribution is 7.82. The minimum atomic E-state index is -1.10. The molecule has 1 amide bonds. The number of carbonyl (C=O) groups excluding carboxylic acids is 1. The Balaban J connectivity index is 1.83. The van der Waals surface area contributed by atoms with Crippen molar-refractivity contribution in [2.45, 2.75) is 94.1 Å². The average molecular weight is 516 g/mol. The van der Waals surface area contributed by atoms with Crippen LogP contribution in [0.4, 0.5) is 0 Å². The Morgan fingerprint density at radius 1 is 0.595 bits per heavy atom. The summed E-state index contributed by atoms with van der Waals surface area (Å²) < 4.78 is -1.10. The molecule has 3 rings (SSSR count). The number of thiol groups is 1. The molecule has 0 fully saturated rings. The third-order valence-corrected chi connectivity index (χ3v) is 8.57. The second-order valence-electron chi connectivity index (χ2n) is 10.4. The molecule has 3 aromatic rings. The number of rotatable bonds is 17. The van der Waals surface area contributed by atoms with E-state index in [0.29, 0.717) is 6.42 Å². The number of unbranched alkanes of at least 4 members (excludes halogenated alkanes) is 10. The molecule has 0 spiro atoms. The van der Waals surface area contributed by atoms with Crippen LogP contribution in [-0.2, 0) is 10.2 Å². The van der Waals surface area contributed by atoms with Crippen molar-refractivity contribution >= 4 is 18.5 Å². The van der Waals surface area contributed by atoms with Gasteiger partial charge in [0.15, 0.2) is 0 Å². The summed E-state index contributed by atoms with van der Waals surface area (Å²) in [6.07, 6.45) is 14.5. The van der Waals surface area contributed by atoms with E-state index in [9.17, 15) is 4.79 Å². The smallest absolute Gasteiger partial charge is 0.235 e. The van der Waals surface area contributed by atoms with Crippen LogP contribution in [0.3, 0.4) is 0 Å². The molecule has 198 valence electrons. The van der Waals surface area contributed by atoms with Crippen LogP contribution in [-0.4, -0.2) is 10.7 Å². The summed E-state index contributed by atoms with van der Waals surface area (Å²) in [6, 6.07) is 30.9. The third-order valence-electron chi connectivity index (χ3n) is 7.79. The maximum Gasteiger partial charge on any atom is 0.235 e. The number of amides is 1. The third kappa shape index (κ3) is 7.08. The van der Waals surface area contributed by atoms with E-state index in [4.69, 9.17) is 18.4 Å². The highest BCUT2D eigenvalue weighted by atomic mass is 32.1. The molecule has 0 aliphatic heterocycles. The summed E-state index contributed by atoms with van der Waals surface area (Å²) in [5.74, 6) is -0.375. The molecule has 0 heterocycles. The van der Waals surface area contributed by atoms with E-state index >= 15 is 0 Å². The quantitative estimate of drug-likeness (QED) is 0.105. The van der Waals surface area contributed by atoms with Gasteiger partial charge in [-0.2, -0.15) is 12.6 Å². The second kappa shape index (κ2) is 15.0. The lowest BCUT2D eigenvalue weighted by Crippen LogP contribution is -2.57. The van der Waals surface area contributed by atoms with Gasteiger partial charge < -0.3 is 5.73 Å². The fourth-order valence-electron chi connectivity index (χ4n) is 5.82. The van der Waals surface area contributed by atoms with Crippen molar-refractivity contribution in [2.75, 3.05) is 0 Å². The van der Waals surface area contributed by atoms with Crippen LogP contribution in [0.5, 0.6) is 0 Å². The van der Waals surface area contributed by atoms with Gasteiger partial charge in [0, 0.05) is 0 Å². The lowest BCUT2D eigenvalue weighted by molar-refractivity contribution is -0.121. The SMILES string of the molecule is CCCCCCCCCCCCCC(S)(C(N)=O)C(c1ccccc1)(c1ccccc1)c1ccccc1. The van der Waals surface area contributed by atoms with E-state index < -0.39 is 10.2 Å².